The Labute approximate surface area is 149 Å². The molecule has 2 aliphatic rings. The number of fused-ring (bicyclic) bond motifs is 2. The van der Waals surface area contributed by atoms with Crippen LogP contribution in [0.25, 0.3) is 0 Å². The highest BCUT2D eigenvalue weighted by molar-refractivity contribution is 7.80. The molecule has 0 aromatic heterocycles. The van der Waals surface area contributed by atoms with Crippen LogP contribution in [-0.4, -0.2) is 29.1 Å². The van der Waals surface area contributed by atoms with E-state index in [1.165, 1.54) is 26.4 Å². The van der Waals surface area contributed by atoms with Gasteiger partial charge in [0.15, 0.2) is 16.6 Å². The fourth-order valence-electron chi connectivity index (χ4n) is 4.57. The third-order valence-corrected chi connectivity index (χ3v) is 6.75. The summed E-state index contributed by atoms with van der Waals surface area (Å²) >= 11 is 5.46. The van der Waals surface area contributed by atoms with Crippen LogP contribution in [0, 0.1) is 17.3 Å². The number of benzene rings is 1. The Kier molecular flexibility index (Phi) is 4.32. The van der Waals surface area contributed by atoms with E-state index in [4.69, 9.17) is 17.0 Å². The van der Waals surface area contributed by atoms with Crippen molar-refractivity contribution in [1.82, 2.24) is 5.32 Å². The zero-order chi connectivity index (χ0) is 17.5. The van der Waals surface area contributed by atoms with E-state index >= 15 is 0 Å². The number of phenolic OH excluding ortho intramolecular Hbond substituents is 1. The van der Waals surface area contributed by atoms with Crippen molar-refractivity contribution in [2.75, 3.05) is 7.11 Å². The van der Waals surface area contributed by atoms with Crippen molar-refractivity contribution >= 4 is 23.5 Å². The van der Waals surface area contributed by atoms with Crippen LogP contribution < -0.4 is 10.1 Å². The minimum atomic E-state index is -0.0270. The smallest absolute Gasteiger partial charge is 0.193 e. The van der Waals surface area contributed by atoms with Gasteiger partial charge in [-0.25, -0.2) is 4.99 Å². The molecule has 2 saturated carbocycles. The van der Waals surface area contributed by atoms with Gasteiger partial charge >= 0.3 is 0 Å². The highest BCUT2D eigenvalue weighted by Gasteiger charge is 2.60. The SMILES string of the molecule is COc1cccc(C=NC(=S)N[C@]2(C)[C@H]3CC[C@@H](C3)C2(C)C)c1O. The summed E-state index contributed by atoms with van der Waals surface area (Å²) in [5.41, 5.74) is 0.768. The molecular weight excluding hydrogens is 320 g/mol. The highest BCUT2D eigenvalue weighted by atomic mass is 32.1. The van der Waals surface area contributed by atoms with E-state index in [9.17, 15) is 5.11 Å². The molecule has 2 bridgehead atoms. The van der Waals surface area contributed by atoms with Gasteiger partial charge in [-0.05, 0) is 67.8 Å². The van der Waals surface area contributed by atoms with Crippen LogP contribution in [0.4, 0.5) is 0 Å². The zero-order valence-corrected chi connectivity index (χ0v) is 15.6. The molecule has 3 rings (SSSR count). The van der Waals surface area contributed by atoms with Gasteiger partial charge in [0.1, 0.15) is 0 Å². The quantitative estimate of drug-likeness (QED) is 0.644. The number of ether oxygens (including phenoxy) is 1. The molecule has 2 aliphatic carbocycles. The number of hydrogen-bond acceptors (Lipinski definition) is 3. The monoisotopic (exact) mass is 346 g/mol. The number of nitrogens with zero attached hydrogens (tertiary/aromatic N) is 1. The molecular formula is C19H26N2O2S. The first-order valence-corrected chi connectivity index (χ1v) is 8.92. The van der Waals surface area contributed by atoms with Crippen LogP contribution >= 0.6 is 12.2 Å². The maximum absolute atomic E-state index is 10.1. The summed E-state index contributed by atoms with van der Waals surface area (Å²) in [5.74, 6) is 1.92. The van der Waals surface area contributed by atoms with Gasteiger partial charge in [-0.1, -0.05) is 19.9 Å². The van der Waals surface area contributed by atoms with E-state index in [0.717, 1.165) is 5.92 Å². The molecule has 0 saturated heterocycles. The minimum absolute atomic E-state index is 0.0270. The largest absolute Gasteiger partial charge is 0.504 e. The Morgan fingerprint density at radius 1 is 1.33 bits per heavy atom. The Morgan fingerprint density at radius 3 is 2.67 bits per heavy atom. The number of methoxy groups -OCH3 is 1. The van der Waals surface area contributed by atoms with E-state index in [1.807, 2.05) is 6.07 Å². The van der Waals surface area contributed by atoms with Crippen LogP contribution in [0.3, 0.4) is 0 Å². The Morgan fingerprint density at radius 2 is 2.04 bits per heavy atom. The van der Waals surface area contributed by atoms with Crippen LogP contribution in [0.2, 0.25) is 0 Å². The molecule has 2 N–H and O–H groups in total. The van der Waals surface area contributed by atoms with E-state index in [0.29, 0.717) is 22.3 Å². The van der Waals surface area contributed by atoms with Crippen LogP contribution in [0.5, 0.6) is 11.5 Å². The first-order chi connectivity index (χ1) is 11.3. The predicted octanol–water partition coefficient (Wildman–Crippen LogP) is 3.91. The van der Waals surface area contributed by atoms with Gasteiger partial charge in [-0.2, -0.15) is 0 Å². The lowest BCUT2D eigenvalue weighted by Gasteiger charge is -2.48. The molecule has 1 aromatic carbocycles. The van der Waals surface area contributed by atoms with Crippen molar-refractivity contribution < 1.29 is 9.84 Å². The summed E-state index contributed by atoms with van der Waals surface area (Å²) in [7, 11) is 1.53. The van der Waals surface area contributed by atoms with Crippen LogP contribution in [0.1, 0.15) is 45.6 Å². The molecule has 0 unspecified atom stereocenters. The first-order valence-electron chi connectivity index (χ1n) is 8.51. The molecule has 0 heterocycles. The lowest BCUT2D eigenvalue weighted by Crippen LogP contribution is -2.58. The van der Waals surface area contributed by atoms with Gasteiger partial charge in [-0.15, -0.1) is 0 Å². The standard InChI is InChI=1S/C19H26N2O2S/c1-18(2)13-8-9-14(10-13)19(18,3)21-17(24)20-11-12-6-5-7-15(23-4)16(12)22/h5-7,11,13-14,22H,8-10H2,1-4H3,(H,21,24)/t13-,14-,19+/m0/s1. The predicted molar refractivity (Wildman–Crippen MR) is 101 cm³/mol. The van der Waals surface area contributed by atoms with Gasteiger partial charge in [0.2, 0.25) is 0 Å². The van der Waals surface area contributed by atoms with Gasteiger partial charge < -0.3 is 15.2 Å². The fourth-order valence-corrected chi connectivity index (χ4v) is 4.83. The summed E-state index contributed by atoms with van der Waals surface area (Å²) in [6.07, 6.45) is 5.46. The molecule has 2 fully saturated rings. The van der Waals surface area contributed by atoms with Crippen molar-refractivity contribution in [3.8, 4) is 11.5 Å². The number of rotatable bonds is 3. The number of hydrogen-bond donors (Lipinski definition) is 2. The van der Waals surface area contributed by atoms with Gasteiger partial charge in [0, 0.05) is 17.3 Å². The normalized spacial score (nSPS) is 30.7. The second-order valence-electron chi connectivity index (χ2n) is 7.72. The van der Waals surface area contributed by atoms with E-state index in [-0.39, 0.29) is 16.7 Å². The number of aromatic hydroxyl groups is 1. The van der Waals surface area contributed by atoms with E-state index < -0.39 is 0 Å². The van der Waals surface area contributed by atoms with Crippen molar-refractivity contribution in [3.05, 3.63) is 23.8 Å². The molecule has 5 heteroatoms. The Bertz CT molecular complexity index is 686. The number of aliphatic imine (C=N–C) groups is 1. The fraction of sp³-hybridized carbons (Fsp3) is 0.579. The number of phenols is 1. The maximum atomic E-state index is 10.1. The van der Waals surface area contributed by atoms with Crippen LogP contribution in [0.15, 0.2) is 23.2 Å². The Hall–Kier alpha value is -1.62. The van der Waals surface area contributed by atoms with Crippen LogP contribution in [-0.2, 0) is 0 Å². The molecule has 0 amide bonds. The number of para-hydroxylation sites is 1. The molecule has 3 atom stereocenters. The summed E-state index contributed by atoms with van der Waals surface area (Å²) in [6, 6.07) is 5.31. The van der Waals surface area contributed by atoms with Crippen molar-refractivity contribution in [3.63, 3.8) is 0 Å². The summed E-state index contributed by atoms with van der Waals surface area (Å²) < 4.78 is 5.12. The lowest BCUT2D eigenvalue weighted by molar-refractivity contribution is 0.0839. The average molecular weight is 346 g/mol. The van der Waals surface area contributed by atoms with Crippen molar-refractivity contribution in [2.24, 2.45) is 22.2 Å². The highest BCUT2D eigenvalue weighted by Crippen LogP contribution is 2.61. The minimum Gasteiger partial charge on any atom is -0.504 e. The van der Waals surface area contributed by atoms with Gasteiger partial charge in [0.25, 0.3) is 0 Å². The molecule has 0 aliphatic heterocycles. The third-order valence-electron chi connectivity index (χ3n) is 6.55. The molecule has 4 nitrogen and oxygen atoms in total. The second kappa shape index (κ2) is 6.03. The molecule has 0 radical (unpaired) electrons. The molecule has 24 heavy (non-hydrogen) atoms. The Balaban J connectivity index is 1.75. The summed E-state index contributed by atoms with van der Waals surface area (Å²) in [6.45, 7) is 6.95. The topological polar surface area (TPSA) is 53.8 Å². The van der Waals surface area contributed by atoms with Gasteiger partial charge in [-0.3, -0.25) is 0 Å². The first kappa shape index (κ1) is 17.2. The number of thiocarbonyl (C=S) groups is 1. The third kappa shape index (κ3) is 2.59. The van der Waals surface area contributed by atoms with E-state index in [1.54, 1.807) is 18.3 Å². The zero-order valence-electron chi connectivity index (χ0n) is 14.8. The van der Waals surface area contributed by atoms with Gasteiger partial charge in [0.05, 0.1) is 7.11 Å². The number of nitrogens with one attached hydrogen (secondary N) is 1. The molecule has 130 valence electrons. The second-order valence-corrected chi connectivity index (χ2v) is 8.10. The van der Waals surface area contributed by atoms with Crippen molar-refractivity contribution in [1.29, 1.82) is 0 Å². The average Bonchev–Trinajstić information content (AvgIpc) is 3.09. The van der Waals surface area contributed by atoms with E-state index in [2.05, 4.69) is 31.1 Å². The summed E-state index contributed by atoms with van der Waals surface area (Å²) in [5, 5.41) is 14.1. The lowest BCUT2D eigenvalue weighted by atomic mass is 9.64. The molecule has 0 spiro atoms. The van der Waals surface area contributed by atoms with Crippen molar-refractivity contribution in [2.45, 2.75) is 45.6 Å². The maximum Gasteiger partial charge on any atom is 0.193 e. The summed E-state index contributed by atoms with van der Waals surface area (Å²) in [4.78, 5) is 4.37. The molecule has 1 aromatic rings.